The number of hydrogen-bond acceptors (Lipinski definition) is 3. The maximum Gasteiger partial charge on any atom is 0.213 e. The summed E-state index contributed by atoms with van der Waals surface area (Å²) >= 11 is 0. The maximum atomic E-state index is 6.63. The summed E-state index contributed by atoms with van der Waals surface area (Å²) in [5.74, 6) is 0.703. The molecule has 10 aromatic rings. The fourth-order valence-corrected chi connectivity index (χ4v) is 7.24. The third-order valence-electron chi connectivity index (χ3n) is 9.63. The van der Waals surface area contributed by atoms with Gasteiger partial charge in [-0.05, 0) is 57.8 Å². The summed E-state index contributed by atoms with van der Waals surface area (Å²) in [5.41, 5.74) is 13.2. The van der Waals surface area contributed by atoms with Gasteiger partial charge in [0.2, 0.25) is 5.71 Å². The Kier molecular flexibility index (Phi) is 6.46. The van der Waals surface area contributed by atoms with Crippen molar-refractivity contribution < 1.29 is 4.42 Å². The molecule has 0 saturated carbocycles. The Balaban J connectivity index is 1.15. The first-order valence-corrected chi connectivity index (χ1v) is 16.8. The zero-order valence-corrected chi connectivity index (χ0v) is 27.0. The summed E-state index contributed by atoms with van der Waals surface area (Å²) in [5, 5.41) is 3.61. The number of nitrogens with zero attached hydrogens (tertiary/aromatic N) is 3. The van der Waals surface area contributed by atoms with Crippen LogP contribution >= 0.6 is 0 Å². The highest BCUT2D eigenvalue weighted by molar-refractivity contribution is 6.09. The van der Waals surface area contributed by atoms with E-state index in [0.29, 0.717) is 5.82 Å². The van der Waals surface area contributed by atoms with E-state index in [4.69, 9.17) is 14.4 Å². The molecule has 0 saturated heterocycles. The smallest absolute Gasteiger partial charge is 0.213 e. The van der Waals surface area contributed by atoms with Gasteiger partial charge in [-0.1, -0.05) is 146 Å². The molecule has 0 amide bonds. The third-order valence-corrected chi connectivity index (χ3v) is 9.63. The van der Waals surface area contributed by atoms with Gasteiger partial charge in [0.05, 0.1) is 28.0 Å². The fourth-order valence-electron chi connectivity index (χ4n) is 7.24. The van der Waals surface area contributed by atoms with Gasteiger partial charge in [0, 0.05) is 22.1 Å². The number of rotatable bonds is 5. The topological polar surface area (TPSA) is 43.3 Å². The minimum atomic E-state index is 0.703. The molecule has 4 nitrogen and oxygen atoms in total. The normalized spacial score (nSPS) is 11.6. The third kappa shape index (κ3) is 4.61. The van der Waals surface area contributed by atoms with Crippen LogP contribution in [0.2, 0.25) is 0 Å². The molecule has 4 heteroatoms. The van der Waals surface area contributed by atoms with Crippen molar-refractivity contribution >= 4 is 38.5 Å². The van der Waals surface area contributed by atoms with Crippen LogP contribution in [0, 0.1) is 0 Å². The van der Waals surface area contributed by atoms with E-state index in [1.165, 1.54) is 21.9 Å². The predicted octanol–water partition coefficient (Wildman–Crippen LogP) is 12.1. The minimum absolute atomic E-state index is 0.703. The van der Waals surface area contributed by atoms with Gasteiger partial charge < -0.3 is 4.42 Å². The maximum absolute atomic E-state index is 6.63. The van der Waals surface area contributed by atoms with Crippen molar-refractivity contribution in [1.29, 1.82) is 0 Å². The van der Waals surface area contributed by atoms with E-state index in [2.05, 4.69) is 132 Å². The minimum Gasteiger partial charge on any atom is -0.438 e. The monoisotopic (exact) mass is 639 g/mol. The molecule has 0 atom stereocenters. The van der Waals surface area contributed by atoms with E-state index in [1.807, 2.05) is 48.5 Å². The SMILES string of the molecule is c1ccc(-c2cc(-c3ccc(-c4c5cc(-c6cccc7ccccc67)ccc5n5c4oc4ccccc45)cc3)nc(-c3ccccc3)n2)cc1. The number of oxazole rings is 1. The Morgan fingerprint density at radius 2 is 1.04 bits per heavy atom. The second kappa shape index (κ2) is 11.4. The molecule has 7 aromatic carbocycles. The lowest BCUT2D eigenvalue weighted by Crippen LogP contribution is -1.95. The van der Waals surface area contributed by atoms with Gasteiger partial charge in [-0.2, -0.15) is 0 Å². The zero-order chi connectivity index (χ0) is 33.0. The van der Waals surface area contributed by atoms with Gasteiger partial charge in [0.1, 0.15) is 0 Å². The first-order valence-electron chi connectivity index (χ1n) is 16.8. The molecule has 0 bridgehead atoms. The van der Waals surface area contributed by atoms with E-state index < -0.39 is 0 Å². The largest absolute Gasteiger partial charge is 0.438 e. The summed E-state index contributed by atoms with van der Waals surface area (Å²) in [6.07, 6.45) is 0. The Bertz CT molecular complexity index is 2790. The van der Waals surface area contributed by atoms with Crippen LogP contribution in [0.1, 0.15) is 0 Å². The van der Waals surface area contributed by atoms with Gasteiger partial charge in [-0.25, -0.2) is 9.97 Å². The average molecular weight is 640 g/mol. The molecular weight excluding hydrogens is 611 g/mol. The lowest BCUT2D eigenvalue weighted by molar-refractivity contribution is 0.658. The molecule has 0 unspecified atom stereocenters. The molecule has 0 aliphatic carbocycles. The molecule has 10 rings (SSSR count). The summed E-state index contributed by atoms with van der Waals surface area (Å²) in [6, 6.07) is 61.4. The first-order chi connectivity index (χ1) is 24.8. The summed E-state index contributed by atoms with van der Waals surface area (Å²) in [4.78, 5) is 10.0. The van der Waals surface area contributed by atoms with Crippen LogP contribution in [0.15, 0.2) is 180 Å². The van der Waals surface area contributed by atoms with Crippen molar-refractivity contribution in [2.45, 2.75) is 0 Å². The second-order valence-corrected chi connectivity index (χ2v) is 12.6. The number of fused-ring (bicyclic) bond motifs is 6. The van der Waals surface area contributed by atoms with Crippen molar-refractivity contribution in [2.75, 3.05) is 0 Å². The van der Waals surface area contributed by atoms with E-state index in [-0.39, 0.29) is 0 Å². The molecule has 50 heavy (non-hydrogen) atoms. The van der Waals surface area contributed by atoms with Crippen molar-refractivity contribution in [3.8, 4) is 56.2 Å². The van der Waals surface area contributed by atoms with Gasteiger partial charge in [0.15, 0.2) is 11.4 Å². The van der Waals surface area contributed by atoms with Crippen LogP contribution < -0.4 is 0 Å². The Hall–Kier alpha value is -6.78. The van der Waals surface area contributed by atoms with Gasteiger partial charge in [0.25, 0.3) is 0 Å². The molecule has 0 aliphatic heterocycles. The quantitative estimate of drug-likeness (QED) is 0.188. The van der Waals surface area contributed by atoms with Crippen LogP contribution in [0.25, 0.3) is 94.6 Å². The van der Waals surface area contributed by atoms with Crippen molar-refractivity contribution in [3.63, 3.8) is 0 Å². The molecule has 0 radical (unpaired) electrons. The van der Waals surface area contributed by atoms with Crippen LogP contribution in [-0.4, -0.2) is 14.4 Å². The highest BCUT2D eigenvalue weighted by Crippen LogP contribution is 2.42. The summed E-state index contributed by atoms with van der Waals surface area (Å²) in [6.45, 7) is 0. The van der Waals surface area contributed by atoms with Crippen LogP contribution in [-0.2, 0) is 0 Å². The molecule has 3 heterocycles. The molecule has 0 fully saturated rings. The predicted molar refractivity (Wildman–Crippen MR) is 205 cm³/mol. The Labute approximate surface area is 288 Å². The van der Waals surface area contributed by atoms with Crippen molar-refractivity contribution in [1.82, 2.24) is 14.4 Å². The Morgan fingerprint density at radius 1 is 0.420 bits per heavy atom. The number of para-hydroxylation sites is 2. The number of benzene rings is 7. The van der Waals surface area contributed by atoms with E-state index >= 15 is 0 Å². The summed E-state index contributed by atoms with van der Waals surface area (Å²) in [7, 11) is 0. The lowest BCUT2D eigenvalue weighted by atomic mass is 9.95. The summed E-state index contributed by atoms with van der Waals surface area (Å²) < 4.78 is 8.88. The fraction of sp³-hybridized carbons (Fsp3) is 0. The number of hydrogen-bond donors (Lipinski definition) is 0. The molecule has 0 aliphatic rings. The van der Waals surface area contributed by atoms with E-state index in [9.17, 15) is 0 Å². The molecular formula is C46H29N3O. The lowest BCUT2D eigenvalue weighted by Gasteiger charge is -2.10. The van der Waals surface area contributed by atoms with E-state index in [0.717, 1.165) is 66.9 Å². The van der Waals surface area contributed by atoms with Crippen molar-refractivity contribution in [2.24, 2.45) is 0 Å². The van der Waals surface area contributed by atoms with Crippen molar-refractivity contribution in [3.05, 3.63) is 176 Å². The Morgan fingerprint density at radius 3 is 1.84 bits per heavy atom. The molecule has 0 N–H and O–H groups in total. The second-order valence-electron chi connectivity index (χ2n) is 12.6. The number of aromatic nitrogens is 3. The van der Waals surface area contributed by atoms with Crippen LogP contribution in [0.3, 0.4) is 0 Å². The zero-order valence-electron chi connectivity index (χ0n) is 27.0. The molecule has 3 aromatic heterocycles. The van der Waals surface area contributed by atoms with Gasteiger partial charge in [-0.15, -0.1) is 0 Å². The van der Waals surface area contributed by atoms with Gasteiger partial charge in [-0.3, -0.25) is 4.40 Å². The average Bonchev–Trinajstić information content (AvgIpc) is 3.72. The highest BCUT2D eigenvalue weighted by atomic mass is 16.3. The molecule has 0 spiro atoms. The first kappa shape index (κ1) is 28.3. The van der Waals surface area contributed by atoms with E-state index in [1.54, 1.807) is 0 Å². The van der Waals surface area contributed by atoms with Crippen LogP contribution in [0.4, 0.5) is 0 Å². The molecule has 234 valence electrons. The standard InChI is InChI=1S/C46H29N3O/c1-3-13-31(14-4-1)39-29-40(48-45(47-39)34-15-5-2-6-16-34)32-22-24-33(25-23-32)44-38-28-35(37-19-11-17-30-12-7-8-18-36(30)37)26-27-41(38)49-42-20-9-10-21-43(42)50-46(44)49/h1-29H. The highest BCUT2D eigenvalue weighted by Gasteiger charge is 2.21. The van der Waals surface area contributed by atoms with Gasteiger partial charge >= 0.3 is 0 Å². The van der Waals surface area contributed by atoms with Crippen LogP contribution in [0.5, 0.6) is 0 Å².